The van der Waals surface area contributed by atoms with E-state index in [1.165, 1.54) is 11.1 Å². The molecule has 0 heterocycles. The smallest absolute Gasteiger partial charge is 0.119 e. The van der Waals surface area contributed by atoms with Gasteiger partial charge in [0.15, 0.2) is 0 Å². The maximum atomic E-state index is 5.70. The van der Waals surface area contributed by atoms with Crippen LogP contribution in [-0.2, 0) is 5.75 Å². The minimum absolute atomic E-state index is 0.449. The lowest BCUT2D eigenvalue weighted by molar-refractivity contribution is 0.344. The van der Waals surface area contributed by atoms with Crippen LogP contribution in [0.3, 0.4) is 0 Å². The van der Waals surface area contributed by atoms with Crippen molar-refractivity contribution in [1.82, 2.24) is 0 Å². The van der Waals surface area contributed by atoms with Crippen LogP contribution in [0.1, 0.15) is 16.7 Å². The van der Waals surface area contributed by atoms with Gasteiger partial charge in [-0.1, -0.05) is 48.1 Å². The van der Waals surface area contributed by atoms with Gasteiger partial charge in [-0.3, -0.25) is 0 Å². The Morgan fingerprint density at radius 3 is 2.67 bits per heavy atom. The summed E-state index contributed by atoms with van der Waals surface area (Å²) in [5.41, 5.74) is 9.05. The van der Waals surface area contributed by atoms with Crippen LogP contribution < -0.4 is 10.5 Å². The number of thiocarbonyl (C=S) groups is 1. The highest BCUT2D eigenvalue weighted by molar-refractivity contribution is 7.98. The first-order valence-corrected chi connectivity index (χ1v) is 8.37. The van der Waals surface area contributed by atoms with Gasteiger partial charge in [0, 0.05) is 17.1 Å². The highest BCUT2D eigenvalue weighted by Gasteiger charge is 1.99. The predicted octanol–water partition coefficient (Wildman–Crippen LogP) is 3.94. The number of aryl methyl sites for hydroxylation is 1. The molecule has 0 atom stereocenters. The zero-order chi connectivity index (χ0) is 15.1. The van der Waals surface area contributed by atoms with Crippen LogP contribution >= 0.6 is 24.0 Å². The van der Waals surface area contributed by atoms with Crippen LogP contribution in [-0.4, -0.2) is 17.3 Å². The zero-order valence-electron chi connectivity index (χ0n) is 12.0. The van der Waals surface area contributed by atoms with Crippen molar-refractivity contribution < 1.29 is 4.74 Å². The number of nitrogens with two attached hydrogens (primary N) is 1. The molecule has 2 aromatic carbocycles. The normalized spacial score (nSPS) is 10.3. The van der Waals surface area contributed by atoms with Gasteiger partial charge in [-0.05, 0) is 30.7 Å². The van der Waals surface area contributed by atoms with E-state index in [-0.39, 0.29) is 0 Å². The fraction of sp³-hybridized carbons (Fsp3) is 0.235. The Hall–Kier alpha value is -1.52. The Balaban J connectivity index is 1.71. The van der Waals surface area contributed by atoms with E-state index in [2.05, 4.69) is 31.2 Å². The minimum atomic E-state index is 0.449. The molecule has 110 valence electrons. The summed E-state index contributed by atoms with van der Waals surface area (Å²) in [7, 11) is 0. The maximum absolute atomic E-state index is 5.70. The summed E-state index contributed by atoms with van der Waals surface area (Å²) < 4.78 is 5.70. The van der Waals surface area contributed by atoms with Crippen LogP contribution in [0, 0.1) is 6.92 Å². The molecule has 2 N–H and O–H groups in total. The molecule has 21 heavy (non-hydrogen) atoms. The van der Waals surface area contributed by atoms with Gasteiger partial charge < -0.3 is 10.5 Å². The molecule has 0 fully saturated rings. The SMILES string of the molecule is Cc1ccc(OCCSCc2cccc(C(N)=S)c2)cc1. The molecule has 0 radical (unpaired) electrons. The second-order valence-corrected chi connectivity index (χ2v) is 6.32. The quantitative estimate of drug-likeness (QED) is 0.620. The summed E-state index contributed by atoms with van der Waals surface area (Å²) in [5.74, 6) is 2.82. The monoisotopic (exact) mass is 317 g/mol. The molecule has 0 aliphatic rings. The summed E-state index contributed by atoms with van der Waals surface area (Å²) in [5, 5.41) is 0. The van der Waals surface area contributed by atoms with Crippen LogP contribution in [0.4, 0.5) is 0 Å². The number of hydrogen-bond donors (Lipinski definition) is 1. The Kier molecular flexibility index (Phi) is 6.08. The summed E-state index contributed by atoms with van der Waals surface area (Å²) in [6.07, 6.45) is 0. The van der Waals surface area contributed by atoms with Crippen molar-refractivity contribution in [2.45, 2.75) is 12.7 Å². The number of rotatable bonds is 7. The summed E-state index contributed by atoms with van der Waals surface area (Å²) in [4.78, 5) is 0.449. The van der Waals surface area contributed by atoms with Crippen molar-refractivity contribution in [3.8, 4) is 5.75 Å². The lowest BCUT2D eigenvalue weighted by Crippen LogP contribution is -2.09. The first-order valence-electron chi connectivity index (χ1n) is 6.81. The topological polar surface area (TPSA) is 35.2 Å². The third-order valence-electron chi connectivity index (χ3n) is 3.00. The molecule has 4 heteroatoms. The molecule has 2 rings (SSSR count). The van der Waals surface area contributed by atoms with E-state index in [0.29, 0.717) is 11.6 Å². The van der Waals surface area contributed by atoms with E-state index in [9.17, 15) is 0 Å². The van der Waals surface area contributed by atoms with E-state index < -0.39 is 0 Å². The summed E-state index contributed by atoms with van der Waals surface area (Å²) in [6, 6.07) is 16.2. The van der Waals surface area contributed by atoms with Crippen molar-refractivity contribution in [2.75, 3.05) is 12.4 Å². The third kappa shape index (κ3) is 5.40. The molecular formula is C17H19NOS2. The van der Waals surface area contributed by atoms with Crippen molar-refractivity contribution in [3.05, 3.63) is 65.2 Å². The molecule has 0 spiro atoms. The second-order valence-electron chi connectivity index (χ2n) is 4.78. The fourth-order valence-electron chi connectivity index (χ4n) is 1.86. The lowest BCUT2D eigenvalue weighted by atomic mass is 10.1. The minimum Gasteiger partial charge on any atom is -0.493 e. The standard InChI is InChI=1S/C17H19NOS2/c1-13-5-7-16(8-6-13)19-9-10-21-12-14-3-2-4-15(11-14)17(18)20/h2-8,11H,9-10,12H2,1H3,(H2,18,20). The van der Waals surface area contributed by atoms with Crippen LogP contribution in [0.15, 0.2) is 48.5 Å². The van der Waals surface area contributed by atoms with Gasteiger partial charge in [0.25, 0.3) is 0 Å². The third-order valence-corrected chi connectivity index (χ3v) is 4.23. The van der Waals surface area contributed by atoms with Gasteiger partial charge in [-0.15, -0.1) is 0 Å². The number of benzene rings is 2. The van der Waals surface area contributed by atoms with Gasteiger partial charge in [0.2, 0.25) is 0 Å². The van der Waals surface area contributed by atoms with Gasteiger partial charge in [0.1, 0.15) is 10.7 Å². The molecule has 2 aromatic rings. The number of ether oxygens (including phenoxy) is 1. The number of hydrogen-bond acceptors (Lipinski definition) is 3. The van der Waals surface area contributed by atoms with Gasteiger partial charge in [-0.25, -0.2) is 0 Å². The summed E-state index contributed by atoms with van der Waals surface area (Å²) >= 11 is 6.83. The summed E-state index contributed by atoms with van der Waals surface area (Å²) in [6.45, 7) is 2.78. The Labute approximate surface area is 135 Å². The molecule has 0 aliphatic carbocycles. The van der Waals surface area contributed by atoms with Crippen molar-refractivity contribution in [1.29, 1.82) is 0 Å². The average molecular weight is 317 g/mol. The molecule has 0 amide bonds. The number of thioether (sulfide) groups is 1. The van der Waals surface area contributed by atoms with Crippen LogP contribution in [0.2, 0.25) is 0 Å². The Bertz CT molecular complexity index is 596. The van der Waals surface area contributed by atoms with Gasteiger partial charge in [0.05, 0.1) is 6.61 Å². The van der Waals surface area contributed by atoms with E-state index in [1.807, 2.05) is 36.0 Å². The predicted molar refractivity (Wildman–Crippen MR) is 95.2 cm³/mol. The van der Waals surface area contributed by atoms with Crippen molar-refractivity contribution in [2.24, 2.45) is 5.73 Å². The Morgan fingerprint density at radius 2 is 1.95 bits per heavy atom. The molecule has 0 bridgehead atoms. The van der Waals surface area contributed by atoms with E-state index >= 15 is 0 Å². The first-order chi connectivity index (χ1) is 10.1. The van der Waals surface area contributed by atoms with Crippen LogP contribution in [0.5, 0.6) is 5.75 Å². The second kappa shape index (κ2) is 8.05. The molecule has 0 aliphatic heterocycles. The van der Waals surface area contributed by atoms with Crippen molar-refractivity contribution >= 4 is 29.0 Å². The molecule has 0 saturated heterocycles. The fourth-order valence-corrected chi connectivity index (χ4v) is 2.75. The van der Waals surface area contributed by atoms with Gasteiger partial charge in [-0.2, -0.15) is 11.8 Å². The largest absolute Gasteiger partial charge is 0.493 e. The maximum Gasteiger partial charge on any atom is 0.119 e. The highest BCUT2D eigenvalue weighted by atomic mass is 32.2. The first kappa shape index (κ1) is 15.9. The highest BCUT2D eigenvalue weighted by Crippen LogP contribution is 2.15. The molecular weight excluding hydrogens is 298 g/mol. The molecule has 2 nitrogen and oxygen atoms in total. The zero-order valence-corrected chi connectivity index (χ0v) is 13.7. The van der Waals surface area contributed by atoms with Crippen LogP contribution in [0.25, 0.3) is 0 Å². The molecule has 0 unspecified atom stereocenters. The molecule has 0 aromatic heterocycles. The molecule has 0 saturated carbocycles. The lowest BCUT2D eigenvalue weighted by Gasteiger charge is -2.07. The van der Waals surface area contributed by atoms with E-state index in [4.69, 9.17) is 22.7 Å². The average Bonchev–Trinajstić information content (AvgIpc) is 2.49. The van der Waals surface area contributed by atoms with Crippen molar-refractivity contribution in [3.63, 3.8) is 0 Å². The Morgan fingerprint density at radius 1 is 1.19 bits per heavy atom. The van der Waals surface area contributed by atoms with E-state index in [0.717, 1.165) is 22.8 Å². The van der Waals surface area contributed by atoms with Gasteiger partial charge >= 0.3 is 0 Å². The van der Waals surface area contributed by atoms with E-state index in [1.54, 1.807) is 0 Å².